The molecule has 2 amide bonds. The van der Waals surface area contributed by atoms with Gasteiger partial charge in [0.05, 0.1) is 32.3 Å². The molecule has 0 saturated heterocycles. The summed E-state index contributed by atoms with van der Waals surface area (Å²) in [5.41, 5.74) is 2.24. The summed E-state index contributed by atoms with van der Waals surface area (Å²) >= 11 is 0. The summed E-state index contributed by atoms with van der Waals surface area (Å²) in [5.74, 6) is 0.640. The second kappa shape index (κ2) is 12.4. The maximum absolute atomic E-state index is 13.6. The molecule has 220 valence electrons. The molecule has 2 aliphatic heterocycles. The first-order valence-corrected chi connectivity index (χ1v) is 13.8. The number of hydrogen-bond acceptors (Lipinski definition) is 9. The molecule has 4 atom stereocenters. The summed E-state index contributed by atoms with van der Waals surface area (Å²) in [6, 6.07) is 7.92. The molecule has 11 heteroatoms. The van der Waals surface area contributed by atoms with Crippen molar-refractivity contribution in [1.82, 2.24) is 10.2 Å². The highest BCUT2D eigenvalue weighted by molar-refractivity contribution is 5.96. The topological polar surface area (TPSA) is 147 Å². The van der Waals surface area contributed by atoms with Crippen LogP contribution in [0.2, 0.25) is 0 Å². The van der Waals surface area contributed by atoms with Gasteiger partial charge in [-0.05, 0) is 47.9 Å². The third kappa shape index (κ3) is 5.57. The minimum Gasteiger partial charge on any atom is -0.493 e. The van der Waals surface area contributed by atoms with Crippen LogP contribution in [0, 0.1) is 0 Å². The predicted octanol–water partition coefficient (Wildman–Crippen LogP) is 1.76. The van der Waals surface area contributed by atoms with Gasteiger partial charge in [-0.3, -0.25) is 9.59 Å². The molecule has 0 spiro atoms. The minimum absolute atomic E-state index is 0.0326. The lowest BCUT2D eigenvalue weighted by molar-refractivity contribution is -0.138. The number of unbranched alkanes of at least 4 members (excludes halogenated alkanes) is 1. The molecule has 1 aliphatic carbocycles. The number of amides is 2. The van der Waals surface area contributed by atoms with Crippen molar-refractivity contribution in [2.75, 3.05) is 27.1 Å². The number of methoxy groups -OCH3 is 1. The van der Waals surface area contributed by atoms with Gasteiger partial charge in [0, 0.05) is 30.6 Å². The fraction of sp³-hybridized carbons (Fsp3) is 0.467. The van der Waals surface area contributed by atoms with Crippen LogP contribution >= 0.6 is 0 Å². The van der Waals surface area contributed by atoms with Gasteiger partial charge in [0.2, 0.25) is 18.6 Å². The van der Waals surface area contributed by atoms with Crippen molar-refractivity contribution >= 4 is 11.8 Å². The van der Waals surface area contributed by atoms with Crippen molar-refractivity contribution in [3.8, 4) is 23.0 Å². The molecule has 2 heterocycles. The minimum atomic E-state index is -1.19. The predicted molar refractivity (Wildman–Crippen MR) is 147 cm³/mol. The molecule has 0 bridgehead atoms. The second-order valence-corrected chi connectivity index (χ2v) is 10.3. The molecule has 5 rings (SSSR count). The van der Waals surface area contributed by atoms with E-state index < -0.39 is 30.1 Å². The number of nitrogens with one attached hydrogen (secondary N) is 1. The Kier molecular flexibility index (Phi) is 8.67. The molecule has 0 radical (unpaired) electrons. The van der Waals surface area contributed by atoms with E-state index in [2.05, 4.69) is 5.32 Å². The lowest BCUT2D eigenvalue weighted by atomic mass is 9.77. The number of aliphatic hydroxyl groups is 3. The summed E-state index contributed by atoms with van der Waals surface area (Å²) in [6.45, 7) is 1.81. The number of fused-ring (bicyclic) bond motifs is 4. The van der Waals surface area contributed by atoms with E-state index in [0.29, 0.717) is 46.1 Å². The first-order chi connectivity index (χ1) is 19.9. The van der Waals surface area contributed by atoms with E-state index in [1.165, 1.54) is 7.11 Å². The van der Waals surface area contributed by atoms with Gasteiger partial charge in [-0.25, -0.2) is 0 Å². The molecule has 0 saturated carbocycles. The Morgan fingerprint density at radius 3 is 2.66 bits per heavy atom. The zero-order valence-electron chi connectivity index (χ0n) is 23.2. The van der Waals surface area contributed by atoms with E-state index in [9.17, 15) is 24.9 Å². The van der Waals surface area contributed by atoms with Crippen LogP contribution in [0.4, 0.5) is 0 Å². The van der Waals surface area contributed by atoms with Gasteiger partial charge in [-0.1, -0.05) is 19.4 Å². The highest BCUT2D eigenvalue weighted by atomic mass is 16.7. The van der Waals surface area contributed by atoms with E-state index in [4.69, 9.17) is 18.9 Å². The standard InChI is InChI=1S/C30H36N2O9/c1-3-4-5-25(35)32(14-17-6-7-22-23(11-17)40-16-39-22)21-13-20(30(37)31-8-9-33)26-19-10-18(15-34)12-24(38-2)28(19)41-29(26)27(21)36/h6-7,10-13,21,26-27,29,33-34,36H,3-5,8-9,14-16H2,1-2H3,(H,31,37). The lowest BCUT2D eigenvalue weighted by Gasteiger charge is -2.41. The van der Waals surface area contributed by atoms with E-state index in [0.717, 1.165) is 12.0 Å². The average molecular weight is 569 g/mol. The van der Waals surface area contributed by atoms with Crippen molar-refractivity contribution in [2.24, 2.45) is 0 Å². The number of carbonyl (C=O) groups is 2. The van der Waals surface area contributed by atoms with Crippen molar-refractivity contribution in [3.05, 3.63) is 58.7 Å². The maximum atomic E-state index is 13.6. The number of ether oxygens (including phenoxy) is 4. The van der Waals surface area contributed by atoms with Crippen LogP contribution in [0.5, 0.6) is 23.0 Å². The van der Waals surface area contributed by atoms with Crippen LogP contribution in [0.1, 0.15) is 48.8 Å². The largest absolute Gasteiger partial charge is 0.493 e. The third-order valence-electron chi connectivity index (χ3n) is 7.71. The van der Waals surface area contributed by atoms with Crippen LogP contribution in [0.25, 0.3) is 0 Å². The van der Waals surface area contributed by atoms with Crippen molar-refractivity contribution in [2.45, 2.75) is 63.5 Å². The first kappa shape index (κ1) is 28.7. The fourth-order valence-electron chi connectivity index (χ4n) is 5.69. The molecule has 11 nitrogen and oxygen atoms in total. The highest BCUT2D eigenvalue weighted by Gasteiger charge is 2.51. The molecule has 41 heavy (non-hydrogen) atoms. The SMILES string of the molecule is CCCCC(=O)N(Cc1ccc2c(c1)OCO2)C1C=C(C(=O)NCCO)C2c3cc(CO)cc(OC)c3OC2C1O. The molecule has 4 unspecified atom stereocenters. The Morgan fingerprint density at radius 2 is 1.93 bits per heavy atom. The summed E-state index contributed by atoms with van der Waals surface area (Å²) in [6.07, 6.45) is 1.29. The van der Waals surface area contributed by atoms with Crippen LogP contribution in [-0.2, 0) is 22.7 Å². The Balaban J connectivity index is 1.57. The number of aliphatic hydroxyl groups excluding tert-OH is 3. The van der Waals surface area contributed by atoms with Crippen molar-refractivity contribution in [3.63, 3.8) is 0 Å². The normalized spacial score (nSPS) is 21.8. The van der Waals surface area contributed by atoms with Crippen molar-refractivity contribution in [1.29, 1.82) is 0 Å². The Labute approximate surface area is 238 Å². The van der Waals surface area contributed by atoms with Gasteiger partial charge in [0.25, 0.3) is 0 Å². The van der Waals surface area contributed by atoms with E-state index in [-0.39, 0.29) is 45.4 Å². The monoisotopic (exact) mass is 568 g/mol. The van der Waals surface area contributed by atoms with Gasteiger partial charge in [0.1, 0.15) is 12.2 Å². The zero-order valence-corrected chi connectivity index (χ0v) is 23.2. The van der Waals surface area contributed by atoms with E-state index in [1.54, 1.807) is 29.2 Å². The molecule has 2 aromatic carbocycles. The third-order valence-corrected chi connectivity index (χ3v) is 7.71. The van der Waals surface area contributed by atoms with Gasteiger partial charge in [0.15, 0.2) is 23.0 Å². The van der Waals surface area contributed by atoms with Crippen LogP contribution in [-0.4, -0.2) is 77.3 Å². The van der Waals surface area contributed by atoms with E-state index >= 15 is 0 Å². The van der Waals surface area contributed by atoms with Gasteiger partial charge < -0.3 is 44.5 Å². The molecular formula is C30H36N2O9. The summed E-state index contributed by atoms with van der Waals surface area (Å²) in [5, 5.41) is 33.7. The lowest BCUT2D eigenvalue weighted by Crippen LogP contribution is -2.55. The molecule has 4 N–H and O–H groups in total. The summed E-state index contributed by atoms with van der Waals surface area (Å²) in [4.78, 5) is 28.7. The molecule has 0 aromatic heterocycles. The number of hydrogen-bond donors (Lipinski definition) is 4. The average Bonchev–Trinajstić information content (AvgIpc) is 3.62. The Bertz CT molecular complexity index is 1330. The maximum Gasteiger partial charge on any atom is 0.247 e. The first-order valence-electron chi connectivity index (χ1n) is 13.8. The van der Waals surface area contributed by atoms with Crippen LogP contribution in [0.3, 0.4) is 0 Å². The number of benzene rings is 2. The van der Waals surface area contributed by atoms with Crippen molar-refractivity contribution < 1.29 is 43.9 Å². The zero-order chi connectivity index (χ0) is 29.1. The molecule has 3 aliphatic rings. The molecule has 2 aromatic rings. The number of rotatable bonds is 11. The molecule has 0 fully saturated rings. The van der Waals surface area contributed by atoms with Gasteiger partial charge >= 0.3 is 0 Å². The second-order valence-electron chi connectivity index (χ2n) is 10.3. The number of nitrogens with zero attached hydrogens (tertiary/aromatic N) is 1. The summed E-state index contributed by atoms with van der Waals surface area (Å²) in [7, 11) is 1.48. The summed E-state index contributed by atoms with van der Waals surface area (Å²) < 4.78 is 22.7. The smallest absolute Gasteiger partial charge is 0.247 e. The van der Waals surface area contributed by atoms with Gasteiger partial charge in [-0.2, -0.15) is 0 Å². The number of carbonyl (C=O) groups excluding carboxylic acids is 2. The van der Waals surface area contributed by atoms with Crippen LogP contribution in [0.15, 0.2) is 42.0 Å². The van der Waals surface area contributed by atoms with Gasteiger partial charge in [-0.15, -0.1) is 0 Å². The quantitative estimate of drug-likeness (QED) is 0.318. The molecular weight excluding hydrogens is 532 g/mol. The Hall–Kier alpha value is -3.80. The van der Waals surface area contributed by atoms with E-state index in [1.807, 2.05) is 19.1 Å². The Morgan fingerprint density at radius 1 is 1.12 bits per heavy atom. The fourth-order valence-corrected chi connectivity index (χ4v) is 5.69. The van der Waals surface area contributed by atoms with Crippen LogP contribution < -0.4 is 24.3 Å². The highest BCUT2D eigenvalue weighted by Crippen LogP contribution is 2.51.